The van der Waals surface area contributed by atoms with Gasteiger partial charge in [-0.05, 0) is 37.0 Å². The molecule has 1 aliphatic heterocycles. The molecule has 5 heteroatoms. The number of benzene rings is 1. The maximum Gasteiger partial charge on any atom is 0.290 e. The number of rotatable bonds is 8. The molecule has 1 amide bonds. The lowest BCUT2D eigenvalue weighted by Gasteiger charge is -2.30. The molecule has 2 unspecified atom stereocenters. The van der Waals surface area contributed by atoms with Crippen LogP contribution >= 0.6 is 15.9 Å². The first-order valence-corrected chi connectivity index (χ1v) is 9.70. The van der Waals surface area contributed by atoms with Gasteiger partial charge in [-0.3, -0.25) is 9.59 Å². The molecular weight excluding hydrogens is 382 g/mol. The first-order valence-electron chi connectivity index (χ1n) is 8.91. The average Bonchev–Trinajstić information content (AvgIpc) is 2.84. The number of aliphatic hydroxyl groups is 1. The Labute approximate surface area is 158 Å². The maximum atomic E-state index is 12.7. The fourth-order valence-electron chi connectivity index (χ4n) is 3.39. The van der Waals surface area contributed by atoms with Crippen molar-refractivity contribution < 1.29 is 14.7 Å². The van der Waals surface area contributed by atoms with Gasteiger partial charge in [0.15, 0.2) is 11.5 Å². The van der Waals surface area contributed by atoms with Crippen LogP contribution in [0.2, 0.25) is 0 Å². The maximum absolute atomic E-state index is 12.7. The minimum absolute atomic E-state index is 0.206. The molecule has 0 aromatic heterocycles. The number of Topliss-reactive ketones (excluding diaryl/α,β-unsaturated/α-hetero) is 1. The molecule has 0 aliphatic carbocycles. The van der Waals surface area contributed by atoms with E-state index >= 15 is 0 Å². The lowest BCUT2D eigenvalue weighted by atomic mass is 9.94. The summed E-state index contributed by atoms with van der Waals surface area (Å²) >= 11 is 3.41. The lowest BCUT2D eigenvalue weighted by Crippen LogP contribution is -2.35. The van der Waals surface area contributed by atoms with Crippen LogP contribution in [0.25, 0.3) is 0 Å². The Balaban J connectivity index is 2.37. The van der Waals surface area contributed by atoms with Crippen molar-refractivity contribution in [2.75, 3.05) is 6.54 Å². The Hall–Kier alpha value is -1.62. The lowest BCUT2D eigenvalue weighted by molar-refractivity contribution is -0.130. The number of carbonyl (C=O) groups excluding carboxylic acids is 2. The van der Waals surface area contributed by atoms with Gasteiger partial charge in [0.2, 0.25) is 0 Å². The highest BCUT2D eigenvalue weighted by atomic mass is 79.9. The van der Waals surface area contributed by atoms with Crippen molar-refractivity contribution in [1.29, 1.82) is 0 Å². The molecule has 1 N–H and O–H groups in total. The summed E-state index contributed by atoms with van der Waals surface area (Å²) in [5, 5.41) is 10.3. The van der Waals surface area contributed by atoms with Crippen LogP contribution in [0.1, 0.15) is 58.1 Å². The largest absolute Gasteiger partial charge is 0.503 e. The van der Waals surface area contributed by atoms with Crippen molar-refractivity contribution in [3.8, 4) is 0 Å². The fourth-order valence-corrected chi connectivity index (χ4v) is 3.65. The zero-order chi connectivity index (χ0) is 18.6. The van der Waals surface area contributed by atoms with Crippen molar-refractivity contribution in [1.82, 2.24) is 4.90 Å². The molecule has 0 spiro atoms. The highest BCUT2D eigenvalue weighted by Gasteiger charge is 2.42. The number of amides is 1. The van der Waals surface area contributed by atoms with Crippen molar-refractivity contribution in [3.63, 3.8) is 0 Å². The number of carbonyl (C=O) groups is 2. The van der Waals surface area contributed by atoms with Gasteiger partial charge in [0.05, 0.1) is 11.6 Å². The van der Waals surface area contributed by atoms with Crippen LogP contribution in [0, 0.1) is 5.92 Å². The summed E-state index contributed by atoms with van der Waals surface area (Å²) in [7, 11) is 0. The number of hydrogen-bond donors (Lipinski definition) is 1. The highest BCUT2D eigenvalue weighted by molar-refractivity contribution is 9.10. The molecule has 1 aliphatic rings. The summed E-state index contributed by atoms with van der Waals surface area (Å²) in [5.74, 6) is -0.734. The smallest absolute Gasteiger partial charge is 0.290 e. The van der Waals surface area contributed by atoms with Gasteiger partial charge >= 0.3 is 0 Å². The van der Waals surface area contributed by atoms with Crippen molar-refractivity contribution in [2.45, 2.75) is 52.5 Å². The summed E-state index contributed by atoms with van der Waals surface area (Å²) in [4.78, 5) is 26.4. The van der Waals surface area contributed by atoms with Gasteiger partial charge < -0.3 is 10.0 Å². The third kappa shape index (κ3) is 4.32. The van der Waals surface area contributed by atoms with Crippen LogP contribution in [0.5, 0.6) is 0 Å². The number of halogens is 1. The van der Waals surface area contributed by atoms with Gasteiger partial charge in [-0.1, -0.05) is 61.2 Å². The third-order valence-corrected chi connectivity index (χ3v) is 5.40. The SMILES string of the molecule is CCCCC(CC)CN1C(=O)C(O)=C(C(C)=O)C1c1ccc(Br)cc1. The van der Waals surface area contributed by atoms with Crippen molar-refractivity contribution in [3.05, 3.63) is 45.6 Å². The van der Waals surface area contributed by atoms with Crippen LogP contribution < -0.4 is 0 Å². The second-order valence-electron chi connectivity index (χ2n) is 6.65. The molecule has 0 bridgehead atoms. The van der Waals surface area contributed by atoms with E-state index in [0.717, 1.165) is 35.7 Å². The Bertz CT molecular complexity index is 666. The number of ketones is 1. The summed E-state index contributed by atoms with van der Waals surface area (Å²) < 4.78 is 0.930. The minimum atomic E-state index is -0.506. The molecule has 0 fully saturated rings. The molecule has 4 nitrogen and oxygen atoms in total. The predicted octanol–water partition coefficient (Wildman–Crippen LogP) is 4.95. The van der Waals surface area contributed by atoms with Gasteiger partial charge in [0.25, 0.3) is 5.91 Å². The van der Waals surface area contributed by atoms with Crippen LogP contribution in [-0.4, -0.2) is 28.2 Å². The topological polar surface area (TPSA) is 57.6 Å². The van der Waals surface area contributed by atoms with E-state index in [4.69, 9.17) is 0 Å². The van der Waals surface area contributed by atoms with Gasteiger partial charge in [-0.25, -0.2) is 0 Å². The fraction of sp³-hybridized carbons (Fsp3) is 0.500. The highest BCUT2D eigenvalue weighted by Crippen LogP contribution is 2.39. The Morgan fingerprint density at radius 1 is 1.28 bits per heavy atom. The van der Waals surface area contributed by atoms with E-state index in [9.17, 15) is 14.7 Å². The van der Waals surface area contributed by atoms with E-state index in [2.05, 4.69) is 29.8 Å². The molecular formula is C20H26BrNO3. The molecule has 0 saturated heterocycles. The van der Waals surface area contributed by atoms with Crippen molar-refractivity contribution in [2.24, 2.45) is 5.92 Å². The first-order chi connectivity index (χ1) is 11.9. The summed E-state index contributed by atoms with van der Waals surface area (Å²) in [5.41, 5.74) is 1.05. The average molecular weight is 408 g/mol. The van der Waals surface area contributed by atoms with E-state index in [-0.39, 0.29) is 11.4 Å². The molecule has 2 atom stereocenters. The molecule has 0 radical (unpaired) electrons. The van der Waals surface area contributed by atoms with E-state index in [1.165, 1.54) is 6.92 Å². The van der Waals surface area contributed by atoms with Gasteiger partial charge in [0.1, 0.15) is 0 Å². The minimum Gasteiger partial charge on any atom is -0.503 e. The normalized spacial score (nSPS) is 18.8. The number of aliphatic hydroxyl groups excluding tert-OH is 1. The van der Waals surface area contributed by atoms with Crippen LogP contribution in [0.3, 0.4) is 0 Å². The Kier molecular flexibility index (Phi) is 6.82. The zero-order valence-electron chi connectivity index (χ0n) is 15.1. The number of unbranched alkanes of at least 4 members (excludes halogenated alkanes) is 1. The molecule has 136 valence electrons. The molecule has 1 heterocycles. The number of hydrogen-bond acceptors (Lipinski definition) is 3. The summed E-state index contributed by atoms with van der Waals surface area (Å²) in [6, 6.07) is 7.06. The summed E-state index contributed by atoms with van der Waals surface area (Å²) in [6.07, 6.45) is 4.23. The Morgan fingerprint density at radius 2 is 1.92 bits per heavy atom. The predicted molar refractivity (Wildman–Crippen MR) is 102 cm³/mol. The standard InChI is InChI=1S/C20H26BrNO3/c1-4-6-7-14(5-2)12-22-18(15-8-10-16(21)11-9-15)17(13(3)23)19(24)20(22)25/h8-11,14,18,24H,4-7,12H2,1-3H3. The van der Waals surface area contributed by atoms with E-state index in [1.54, 1.807) is 4.90 Å². The zero-order valence-corrected chi connectivity index (χ0v) is 16.7. The van der Waals surface area contributed by atoms with Crippen molar-refractivity contribution >= 4 is 27.6 Å². The van der Waals surface area contributed by atoms with Gasteiger partial charge in [-0.15, -0.1) is 0 Å². The molecule has 1 aromatic rings. The second kappa shape index (κ2) is 8.65. The van der Waals surface area contributed by atoms with Crippen LogP contribution in [0.15, 0.2) is 40.1 Å². The third-order valence-electron chi connectivity index (χ3n) is 4.87. The number of nitrogens with zero attached hydrogens (tertiary/aromatic N) is 1. The first kappa shape index (κ1) is 19.7. The van der Waals surface area contributed by atoms with E-state index in [0.29, 0.717) is 12.5 Å². The monoisotopic (exact) mass is 407 g/mol. The molecule has 2 rings (SSSR count). The van der Waals surface area contributed by atoms with E-state index < -0.39 is 17.7 Å². The van der Waals surface area contributed by atoms with Gasteiger partial charge in [0, 0.05) is 11.0 Å². The van der Waals surface area contributed by atoms with Gasteiger partial charge in [-0.2, -0.15) is 0 Å². The molecule has 25 heavy (non-hydrogen) atoms. The summed E-state index contributed by atoms with van der Waals surface area (Å²) in [6.45, 7) is 6.23. The second-order valence-corrected chi connectivity index (χ2v) is 7.56. The Morgan fingerprint density at radius 3 is 2.44 bits per heavy atom. The molecule has 1 aromatic carbocycles. The van der Waals surface area contributed by atoms with Crippen LogP contribution in [0.4, 0.5) is 0 Å². The molecule has 0 saturated carbocycles. The quantitative estimate of drug-likeness (QED) is 0.662. The van der Waals surface area contributed by atoms with E-state index in [1.807, 2.05) is 24.3 Å². The van der Waals surface area contributed by atoms with Crippen LogP contribution in [-0.2, 0) is 9.59 Å².